The van der Waals surface area contributed by atoms with Gasteiger partial charge in [-0.1, -0.05) is 54.6 Å². The maximum atomic E-state index is 12.9. The van der Waals surface area contributed by atoms with E-state index in [1.165, 1.54) is 21.3 Å². The number of carbonyl (C=O) groups excluding carboxylic acids is 1. The molecule has 1 amide bonds. The summed E-state index contributed by atoms with van der Waals surface area (Å²) in [4.78, 5) is 12.9. The van der Waals surface area contributed by atoms with Crippen LogP contribution in [0.2, 0.25) is 0 Å². The number of carbonyl (C=O) groups is 1. The Kier molecular flexibility index (Phi) is 6.39. The fourth-order valence-electron chi connectivity index (χ4n) is 3.23. The Morgan fingerprint density at radius 1 is 0.759 bits per heavy atom. The molecule has 0 radical (unpaired) electrons. The first-order chi connectivity index (χ1) is 14.1. The molecule has 3 rings (SSSR count). The predicted molar refractivity (Wildman–Crippen MR) is 114 cm³/mol. The Hall–Kier alpha value is -3.47. The molecule has 0 bridgehead atoms. The first-order valence-corrected chi connectivity index (χ1v) is 9.34. The van der Waals surface area contributed by atoms with Crippen molar-refractivity contribution in [1.29, 1.82) is 0 Å². The SMILES string of the molecule is COc1ccc(C(=O)NC(C)c2ccc(-c3ccccc3)cc2)c(OC)c1OC. The van der Waals surface area contributed by atoms with Crippen LogP contribution in [0, 0.1) is 0 Å². The van der Waals surface area contributed by atoms with Crippen LogP contribution in [-0.4, -0.2) is 27.2 Å². The van der Waals surface area contributed by atoms with E-state index in [0.717, 1.165) is 16.7 Å². The van der Waals surface area contributed by atoms with Crippen molar-refractivity contribution >= 4 is 5.91 Å². The lowest BCUT2D eigenvalue weighted by atomic mass is 10.0. The molecule has 0 aliphatic rings. The Bertz CT molecular complexity index is 968. The standard InChI is InChI=1S/C24H25NO4/c1-16(17-10-12-19(13-11-17)18-8-6-5-7-9-18)25-24(26)20-14-15-21(27-2)23(29-4)22(20)28-3/h5-16H,1-4H3,(H,25,26). The van der Waals surface area contributed by atoms with Crippen molar-refractivity contribution in [1.82, 2.24) is 5.32 Å². The smallest absolute Gasteiger partial charge is 0.255 e. The summed E-state index contributed by atoms with van der Waals surface area (Å²) in [5, 5.41) is 3.02. The highest BCUT2D eigenvalue weighted by molar-refractivity contribution is 5.98. The Balaban J connectivity index is 1.79. The van der Waals surface area contributed by atoms with Crippen LogP contribution in [0.25, 0.3) is 11.1 Å². The molecule has 1 N–H and O–H groups in total. The number of hydrogen-bond acceptors (Lipinski definition) is 4. The van der Waals surface area contributed by atoms with Gasteiger partial charge in [0.05, 0.1) is 32.9 Å². The second kappa shape index (κ2) is 9.15. The maximum absolute atomic E-state index is 12.9. The van der Waals surface area contributed by atoms with Crippen LogP contribution >= 0.6 is 0 Å². The van der Waals surface area contributed by atoms with Gasteiger partial charge in [0, 0.05) is 0 Å². The minimum absolute atomic E-state index is 0.176. The molecule has 0 saturated heterocycles. The van der Waals surface area contributed by atoms with Crippen molar-refractivity contribution in [3.8, 4) is 28.4 Å². The summed E-state index contributed by atoms with van der Waals surface area (Å²) in [7, 11) is 4.55. The highest BCUT2D eigenvalue weighted by Gasteiger charge is 2.22. The lowest BCUT2D eigenvalue weighted by Crippen LogP contribution is -2.27. The number of amides is 1. The zero-order valence-corrected chi connectivity index (χ0v) is 17.1. The lowest BCUT2D eigenvalue weighted by Gasteiger charge is -2.18. The highest BCUT2D eigenvalue weighted by Crippen LogP contribution is 2.39. The molecule has 0 aliphatic carbocycles. The molecule has 0 aromatic heterocycles. The first-order valence-electron chi connectivity index (χ1n) is 9.34. The Morgan fingerprint density at radius 2 is 1.38 bits per heavy atom. The van der Waals surface area contributed by atoms with Crippen LogP contribution in [0.15, 0.2) is 66.7 Å². The topological polar surface area (TPSA) is 56.8 Å². The van der Waals surface area contributed by atoms with Gasteiger partial charge in [-0.2, -0.15) is 0 Å². The summed E-state index contributed by atoms with van der Waals surface area (Å²) in [6.45, 7) is 1.95. The van der Waals surface area contributed by atoms with Crippen molar-refractivity contribution in [2.75, 3.05) is 21.3 Å². The molecule has 0 spiro atoms. The molecule has 0 aliphatic heterocycles. The van der Waals surface area contributed by atoms with Crippen LogP contribution in [0.5, 0.6) is 17.2 Å². The number of methoxy groups -OCH3 is 3. The van der Waals surface area contributed by atoms with Crippen molar-refractivity contribution in [2.45, 2.75) is 13.0 Å². The quantitative estimate of drug-likeness (QED) is 0.624. The second-order valence-electron chi connectivity index (χ2n) is 6.57. The van der Waals surface area contributed by atoms with Gasteiger partial charge < -0.3 is 19.5 Å². The minimum Gasteiger partial charge on any atom is -0.493 e. The van der Waals surface area contributed by atoms with E-state index >= 15 is 0 Å². The third-order valence-corrected chi connectivity index (χ3v) is 4.81. The van der Waals surface area contributed by atoms with E-state index in [-0.39, 0.29) is 11.9 Å². The van der Waals surface area contributed by atoms with E-state index in [4.69, 9.17) is 14.2 Å². The molecule has 0 heterocycles. The zero-order valence-electron chi connectivity index (χ0n) is 17.1. The average molecular weight is 391 g/mol. The van der Waals surface area contributed by atoms with E-state index in [1.807, 2.05) is 37.3 Å². The third-order valence-electron chi connectivity index (χ3n) is 4.81. The lowest BCUT2D eigenvalue weighted by molar-refractivity contribution is 0.0936. The monoisotopic (exact) mass is 391 g/mol. The van der Waals surface area contributed by atoms with Crippen molar-refractivity contribution in [3.63, 3.8) is 0 Å². The van der Waals surface area contributed by atoms with Crippen LogP contribution in [0.1, 0.15) is 28.9 Å². The number of ether oxygens (including phenoxy) is 3. The van der Waals surface area contributed by atoms with E-state index in [1.54, 1.807) is 12.1 Å². The number of hydrogen-bond donors (Lipinski definition) is 1. The molecular formula is C24H25NO4. The van der Waals surface area contributed by atoms with Crippen LogP contribution in [0.3, 0.4) is 0 Å². The maximum Gasteiger partial charge on any atom is 0.255 e. The van der Waals surface area contributed by atoms with Crippen LogP contribution in [-0.2, 0) is 0 Å². The van der Waals surface area contributed by atoms with E-state index in [2.05, 4.69) is 29.6 Å². The fraction of sp³-hybridized carbons (Fsp3) is 0.208. The molecule has 0 saturated carbocycles. The summed E-state index contributed by atoms with van der Waals surface area (Å²) < 4.78 is 16.1. The predicted octanol–water partition coefficient (Wildman–Crippen LogP) is 4.87. The summed E-state index contributed by atoms with van der Waals surface area (Å²) in [5.74, 6) is 0.992. The molecule has 5 heteroatoms. The van der Waals surface area contributed by atoms with Crippen LogP contribution in [0.4, 0.5) is 0 Å². The molecule has 3 aromatic rings. The van der Waals surface area contributed by atoms with Crippen molar-refractivity contribution in [3.05, 3.63) is 77.9 Å². The highest BCUT2D eigenvalue weighted by atomic mass is 16.5. The molecule has 1 atom stereocenters. The van der Waals surface area contributed by atoms with Gasteiger partial charge in [0.15, 0.2) is 11.5 Å². The number of benzene rings is 3. The van der Waals surface area contributed by atoms with Gasteiger partial charge in [-0.3, -0.25) is 4.79 Å². The molecule has 3 aromatic carbocycles. The van der Waals surface area contributed by atoms with Crippen molar-refractivity contribution in [2.24, 2.45) is 0 Å². The van der Waals surface area contributed by atoms with Gasteiger partial charge in [0.2, 0.25) is 5.75 Å². The number of nitrogens with one attached hydrogen (secondary N) is 1. The Morgan fingerprint density at radius 3 is 1.97 bits per heavy atom. The van der Waals surface area contributed by atoms with Gasteiger partial charge in [-0.05, 0) is 35.7 Å². The average Bonchev–Trinajstić information content (AvgIpc) is 2.78. The van der Waals surface area contributed by atoms with Gasteiger partial charge in [0.1, 0.15) is 0 Å². The second-order valence-corrected chi connectivity index (χ2v) is 6.57. The molecule has 150 valence electrons. The van der Waals surface area contributed by atoms with Gasteiger partial charge in [0.25, 0.3) is 5.91 Å². The van der Waals surface area contributed by atoms with E-state index in [9.17, 15) is 4.79 Å². The molecule has 1 unspecified atom stereocenters. The largest absolute Gasteiger partial charge is 0.493 e. The van der Waals surface area contributed by atoms with Crippen molar-refractivity contribution < 1.29 is 19.0 Å². The van der Waals surface area contributed by atoms with Gasteiger partial charge in [-0.15, -0.1) is 0 Å². The Labute approximate surface area is 171 Å². The number of rotatable bonds is 7. The molecule has 5 nitrogen and oxygen atoms in total. The molecule has 0 fully saturated rings. The van der Waals surface area contributed by atoms with E-state index < -0.39 is 0 Å². The first kappa shape index (κ1) is 20.3. The van der Waals surface area contributed by atoms with E-state index in [0.29, 0.717) is 22.8 Å². The van der Waals surface area contributed by atoms with Gasteiger partial charge in [-0.25, -0.2) is 0 Å². The summed E-state index contributed by atoms with van der Waals surface area (Å²) in [6, 6.07) is 21.5. The fourth-order valence-corrected chi connectivity index (χ4v) is 3.23. The summed E-state index contributed by atoms with van der Waals surface area (Å²) in [6.07, 6.45) is 0. The minimum atomic E-state index is -0.248. The molecule has 29 heavy (non-hydrogen) atoms. The molecular weight excluding hydrogens is 366 g/mol. The van der Waals surface area contributed by atoms with Crippen LogP contribution < -0.4 is 19.5 Å². The summed E-state index contributed by atoms with van der Waals surface area (Å²) in [5.41, 5.74) is 3.69. The normalized spacial score (nSPS) is 11.4. The summed E-state index contributed by atoms with van der Waals surface area (Å²) >= 11 is 0. The third kappa shape index (κ3) is 4.35. The van der Waals surface area contributed by atoms with Gasteiger partial charge >= 0.3 is 0 Å². The zero-order chi connectivity index (χ0) is 20.8.